The second-order valence-electron chi connectivity index (χ2n) is 4.13. The number of aryl methyl sites for hydroxylation is 1. The molecule has 0 bridgehead atoms. The van der Waals surface area contributed by atoms with Crippen molar-refractivity contribution in [3.63, 3.8) is 0 Å². The average Bonchev–Trinajstić information content (AvgIpc) is 2.37. The van der Waals surface area contributed by atoms with Gasteiger partial charge in [0.05, 0.1) is 0 Å². The van der Waals surface area contributed by atoms with E-state index in [1.807, 2.05) is 12.1 Å². The van der Waals surface area contributed by atoms with Gasteiger partial charge in [0.25, 0.3) is 0 Å². The first-order valence-corrected chi connectivity index (χ1v) is 5.93. The molecule has 0 saturated heterocycles. The van der Waals surface area contributed by atoms with Crippen molar-refractivity contribution in [1.29, 1.82) is 0 Å². The number of hydrogen-bond acceptors (Lipinski definition) is 3. The first-order valence-electron chi connectivity index (χ1n) is 5.93. The number of pyridine rings is 1. The highest BCUT2D eigenvalue weighted by Crippen LogP contribution is 2.07. The van der Waals surface area contributed by atoms with Crippen molar-refractivity contribution in [2.24, 2.45) is 0 Å². The lowest BCUT2D eigenvalue weighted by molar-refractivity contribution is -0.149. The standard InChI is InChI=1S/C13H18N2O3/c1-3-11(13(17)18)15(2)12(16)7-6-10-5-4-8-14-9-10/h4-5,8-9,11H,3,6-7H2,1-2H3,(H,17,18). The number of carboxylic acid groups (broad SMARTS) is 1. The molecule has 0 aliphatic carbocycles. The molecule has 1 amide bonds. The quantitative estimate of drug-likeness (QED) is 0.827. The van der Waals surface area contributed by atoms with Crippen molar-refractivity contribution in [2.45, 2.75) is 32.2 Å². The maximum Gasteiger partial charge on any atom is 0.326 e. The van der Waals surface area contributed by atoms with E-state index in [1.54, 1.807) is 19.3 Å². The lowest BCUT2D eigenvalue weighted by atomic mass is 10.1. The summed E-state index contributed by atoms with van der Waals surface area (Å²) in [7, 11) is 1.54. The molecule has 18 heavy (non-hydrogen) atoms. The highest BCUT2D eigenvalue weighted by Gasteiger charge is 2.24. The van der Waals surface area contributed by atoms with Gasteiger partial charge in [0.15, 0.2) is 0 Å². The Morgan fingerprint density at radius 1 is 1.50 bits per heavy atom. The van der Waals surface area contributed by atoms with E-state index in [-0.39, 0.29) is 5.91 Å². The van der Waals surface area contributed by atoms with E-state index >= 15 is 0 Å². The minimum atomic E-state index is -0.963. The minimum absolute atomic E-state index is 0.159. The first-order chi connectivity index (χ1) is 8.56. The molecule has 0 spiro atoms. The Morgan fingerprint density at radius 3 is 2.72 bits per heavy atom. The fraction of sp³-hybridized carbons (Fsp3) is 0.462. The van der Waals surface area contributed by atoms with Crippen molar-refractivity contribution in [3.8, 4) is 0 Å². The van der Waals surface area contributed by atoms with Crippen LogP contribution in [0, 0.1) is 0 Å². The summed E-state index contributed by atoms with van der Waals surface area (Å²) in [4.78, 5) is 28.1. The molecule has 1 heterocycles. The second-order valence-corrected chi connectivity index (χ2v) is 4.13. The Bertz CT molecular complexity index is 406. The van der Waals surface area contributed by atoms with Gasteiger partial charge in [-0.2, -0.15) is 0 Å². The number of hydrogen-bond donors (Lipinski definition) is 1. The Morgan fingerprint density at radius 2 is 2.22 bits per heavy atom. The largest absolute Gasteiger partial charge is 0.480 e. The van der Waals surface area contributed by atoms with Crippen LogP contribution in [0.25, 0.3) is 0 Å². The topological polar surface area (TPSA) is 70.5 Å². The van der Waals surface area contributed by atoms with E-state index in [4.69, 9.17) is 5.11 Å². The van der Waals surface area contributed by atoms with Gasteiger partial charge in [0.2, 0.25) is 5.91 Å². The third-order valence-electron chi connectivity index (χ3n) is 2.88. The highest BCUT2D eigenvalue weighted by molar-refractivity contribution is 5.83. The lowest BCUT2D eigenvalue weighted by Gasteiger charge is -2.23. The van der Waals surface area contributed by atoms with Gasteiger partial charge in [-0.15, -0.1) is 0 Å². The van der Waals surface area contributed by atoms with Crippen LogP contribution >= 0.6 is 0 Å². The fourth-order valence-electron chi connectivity index (χ4n) is 1.76. The van der Waals surface area contributed by atoms with Gasteiger partial charge in [-0.05, 0) is 24.5 Å². The Hall–Kier alpha value is -1.91. The zero-order valence-corrected chi connectivity index (χ0v) is 10.7. The number of rotatable bonds is 6. The molecule has 1 unspecified atom stereocenters. The maximum atomic E-state index is 11.9. The summed E-state index contributed by atoms with van der Waals surface area (Å²) in [6.07, 6.45) is 4.67. The molecule has 0 saturated carbocycles. The third-order valence-corrected chi connectivity index (χ3v) is 2.88. The van der Waals surface area contributed by atoms with Crippen LogP contribution in [0.4, 0.5) is 0 Å². The molecule has 0 aliphatic heterocycles. The van der Waals surface area contributed by atoms with Gasteiger partial charge in [-0.3, -0.25) is 9.78 Å². The van der Waals surface area contributed by atoms with Crippen LogP contribution in [0.5, 0.6) is 0 Å². The molecular weight excluding hydrogens is 232 g/mol. The normalized spacial score (nSPS) is 11.9. The van der Waals surface area contributed by atoms with Crippen molar-refractivity contribution >= 4 is 11.9 Å². The van der Waals surface area contributed by atoms with Crippen LogP contribution in [0.1, 0.15) is 25.3 Å². The van der Waals surface area contributed by atoms with Crippen molar-refractivity contribution in [2.75, 3.05) is 7.05 Å². The predicted molar refractivity (Wildman–Crippen MR) is 67.0 cm³/mol. The summed E-state index contributed by atoms with van der Waals surface area (Å²) in [5, 5.41) is 8.97. The van der Waals surface area contributed by atoms with E-state index in [1.165, 1.54) is 11.9 Å². The number of likely N-dealkylation sites (N-methyl/N-ethyl adjacent to an activating group) is 1. The number of carbonyl (C=O) groups excluding carboxylic acids is 1. The van der Waals surface area contributed by atoms with E-state index in [2.05, 4.69) is 4.98 Å². The summed E-state index contributed by atoms with van der Waals surface area (Å²) in [5.74, 6) is -1.12. The number of amides is 1. The molecule has 5 nitrogen and oxygen atoms in total. The smallest absolute Gasteiger partial charge is 0.326 e. The summed E-state index contributed by atoms with van der Waals surface area (Å²) in [6.45, 7) is 1.75. The average molecular weight is 250 g/mol. The first kappa shape index (κ1) is 14.2. The number of carboxylic acids is 1. The van der Waals surface area contributed by atoms with Gasteiger partial charge in [0.1, 0.15) is 6.04 Å². The zero-order valence-electron chi connectivity index (χ0n) is 10.7. The Labute approximate surface area is 106 Å². The van der Waals surface area contributed by atoms with Gasteiger partial charge >= 0.3 is 5.97 Å². The monoisotopic (exact) mass is 250 g/mol. The van der Waals surface area contributed by atoms with E-state index in [9.17, 15) is 9.59 Å². The molecule has 1 aromatic heterocycles. The van der Waals surface area contributed by atoms with E-state index < -0.39 is 12.0 Å². The Balaban J connectivity index is 2.52. The molecule has 5 heteroatoms. The summed E-state index contributed by atoms with van der Waals surface area (Å²) >= 11 is 0. The molecule has 0 aliphatic rings. The third kappa shape index (κ3) is 3.84. The van der Waals surface area contributed by atoms with E-state index in [0.717, 1.165) is 5.56 Å². The molecule has 1 atom stereocenters. The Kier molecular flexibility index (Phi) is 5.30. The fourth-order valence-corrected chi connectivity index (χ4v) is 1.76. The predicted octanol–water partition coefficient (Wildman–Crippen LogP) is 1.34. The molecule has 0 aromatic carbocycles. The van der Waals surface area contributed by atoms with Crippen LogP contribution in [0.3, 0.4) is 0 Å². The van der Waals surface area contributed by atoms with Crippen molar-refractivity contribution < 1.29 is 14.7 Å². The number of aromatic nitrogens is 1. The molecule has 1 N–H and O–H groups in total. The van der Waals surface area contributed by atoms with Crippen molar-refractivity contribution in [1.82, 2.24) is 9.88 Å². The van der Waals surface area contributed by atoms with Gasteiger partial charge in [-0.25, -0.2) is 4.79 Å². The summed E-state index contributed by atoms with van der Waals surface area (Å²) in [5.41, 5.74) is 0.975. The minimum Gasteiger partial charge on any atom is -0.480 e. The molecule has 0 fully saturated rings. The number of nitrogens with zero attached hydrogens (tertiary/aromatic N) is 2. The molecule has 1 aromatic rings. The van der Waals surface area contributed by atoms with Gasteiger partial charge in [0, 0.05) is 25.9 Å². The highest BCUT2D eigenvalue weighted by atomic mass is 16.4. The SMILES string of the molecule is CCC(C(=O)O)N(C)C(=O)CCc1cccnc1. The molecule has 0 radical (unpaired) electrons. The molecule has 98 valence electrons. The van der Waals surface area contributed by atoms with Crippen LogP contribution in [-0.2, 0) is 16.0 Å². The second kappa shape index (κ2) is 6.74. The maximum absolute atomic E-state index is 11.9. The van der Waals surface area contributed by atoms with Crippen LogP contribution in [0.15, 0.2) is 24.5 Å². The van der Waals surface area contributed by atoms with Crippen LogP contribution < -0.4 is 0 Å². The van der Waals surface area contributed by atoms with E-state index in [0.29, 0.717) is 19.3 Å². The zero-order chi connectivity index (χ0) is 13.5. The van der Waals surface area contributed by atoms with Gasteiger partial charge < -0.3 is 10.0 Å². The van der Waals surface area contributed by atoms with Crippen molar-refractivity contribution in [3.05, 3.63) is 30.1 Å². The summed E-state index contributed by atoms with van der Waals surface area (Å²) in [6, 6.07) is 2.97. The van der Waals surface area contributed by atoms with Crippen LogP contribution in [-0.4, -0.2) is 40.0 Å². The lowest BCUT2D eigenvalue weighted by Crippen LogP contribution is -2.42. The summed E-state index contributed by atoms with van der Waals surface area (Å²) < 4.78 is 0. The molecule has 1 rings (SSSR count). The number of aliphatic carboxylic acids is 1. The number of carbonyl (C=O) groups is 2. The van der Waals surface area contributed by atoms with Crippen LogP contribution in [0.2, 0.25) is 0 Å². The molecular formula is C13H18N2O3. The van der Waals surface area contributed by atoms with Gasteiger partial charge in [-0.1, -0.05) is 13.0 Å².